The molecular weight excluding hydrogens is 200 g/mol. The third-order valence-electron chi connectivity index (χ3n) is 2.24. The molecule has 82 valence electrons. The maximum atomic E-state index is 11.4. The lowest BCUT2D eigenvalue weighted by Gasteiger charge is -2.20. The first-order valence-electron chi connectivity index (χ1n) is 4.88. The molecule has 0 aromatic heterocycles. The van der Waals surface area contributed by atoms with Crippen LogP contribution in [0.25, 0.3) is 0 Å². The van der Waals surface area contributed by atoms with Crippen molar-refractivity contribution in [1.82, 2.24) is 5.32 Å². The lowest BCUT2D eigenvalue weighted by Crippen LogP contribution is -2.28. The molecule has 14 heavy (non-hydrogen) atoms. The summed E-state index contributed by atoms with van der Waals surface area (Å²) in [7, 11) is -2.26. The number of hydrogen-bond acceptors (Lipinski definition) is 3. The van der Waals surface area contributed by atoms with Gasteiger partial charge >= 0.3 is 0 Å². The van der Waals surface area contributed by atoms with Gasteiger partial charge in [0, 0.05) is 28.7 Å². The summed E-state index contributed by atoms with van der Waals surface area (Å²) in [4.78, 5) is 11.4. The number of nitrogens with zero attached hydrogens (tertiary/aromatic N) is 1. The molecule has 1 rings (SSSR count). The highest BCUT2D eigenvalue weighted by atomic mass is 32.2. The normalized spacial score (nSPS) is 19.3. The molecule has 0 aromatic carbocycles. The van der Waals surface area contributed by atoms with E-state index in [0.717, 1.165) is 25.9 Å². The number of carbonyl (C=O) groups is 1. The highest BCUT2D eigenvalue weighted by molar-refractivity contribution is 7.92. The van der Waals surface area contributed by atoms with Gasteiger partial charge in [0.1, 0.15) is 0 Å². The molecule has 0 saturated carbocycles. The van der Waals surface area contributed by atoms with E-state index in [1.807, 2.05) is 0 Å². The quantitative estimate of drug-likeness (QED) is 0.739. The van der Waals surface area contributed by atoms with E-state index in [4.69, 9.17) is 0 Å². The molecule has 5 heteroatoms. The summed E-state index contributed by atoms with van der Waals surface area (Å²) < 4.78 is 14.9. The molecule has 0 radical (unpaired) electrons. The second-order valence-electron chi connectivity index (χ2n) is 4.06. The molecule has 0 atom stereocenters. The third kappa shape index (κ3) is 4.72. The van der Waals surface area contributed by atoms with E-state index >= 15 is 0 Å². The molecule has 1 fully saturated rings. The summed E-state index contributed by atoms with van der Waals surface area (Å²) in [5, 5.41) is 3.24. The van der Waals surface area contributed by atoms with Crippen molar-refractivity contribution in [3.8, 4) is 0 Å². The van der Waals surface area contributed by atoms with E-state index in [1.165, 1.54) is 12.5 Å². The number of rotatable bonds is 2. The Morgan fingerprint density at radius 2 is 2.00 bits per heavy atom. The minimum Gasteiger partial charge on any atom is -0.317 e. The second-order valence-corrected chi connectivity index (χ2v) is 6.61. The molecule has 1 aliphatic rings. The Balaban J connectivity index is 2.44. The van der Waals surface area contributed by atoms with Crippen LogP contribution in [-0.4, -0.2) is 35.7 Å². The van der Waals surface area contributed by atoms with Crippen molar-refractivity contribution in [2.45, 2.75) is 19.3 Å². The monoisotopic (exact) mass is 218 g/mol. The molecular formula is C9H18N2O2S. The van der Waals surface area contributed by atoms with Gasteiger partial charge in [-0.2, -0.15) is 4.36 Å². The minimum absolute atomic E-state index is 0.202. The summed E-state index contributed by atoms with van der Waals surface area (Å²) in [6, 6.07) is 0. The standard InChI is InChI=1S/C9H18N2O2S/c1-14(2,13)11-9(12)7-8-3-5-10-6-4-8/h8,10H,3-7H2,1-2H3. The zero-order chi connectivity index (χ0) is 10.6. The first-order chi connectivity index (χ1) is 6.47. The van der Waals surface area contributed by atoms with Gasteiger partial charge in [-0.25, -0.2) is 4.21 Å². The molecule has 0 unspecified atom stereocenters. The fraction of sp³-hybridized carbons (Fsp3) is 0.889. The Kier molecular flexibility index (Phi) is 4.07. The van der Waals surface area contributed by atoms with Crippen molar-refractivity contribution in [2.24, 2.45) is 10.3 Å². The SMILES string of the molecule is CS(C)(=O)=NC(=O)CC1CCNCC1. The summed E-state index contributed by atoms with van der Waals surface area (Å²) in [6.07, 6.45) is 5.49. The number of carbonyl (C=O) groups excluding carboxylic acids is 1. The molecule has 1 heterocycles. The smallest absolute Gasteiger partial charge is 0.254 e. The van der Waals surface area contributed by atoms with Gasteiger partial charge in [0.15, 0.2) is 0 Å². The Bertz CT molecular complexity index is 305. The highest BCUT2D eigenvalue weighted by Crippen LogP contribution is 2.16. The van der Waals surface area contributed by atoms with E-state index in [2.05, 4.69) is 9.68 Å². The predicted molar refractivity (Wildman–Crippen MR) is 57.6 cm³/mol. The first-order valence-corrected chi connectivity index (χ1v) is 7.21. The molecule has 0 bridgehead atoms. The van der Waals surface area contributed by atoms with Gasteiger partial charge in [-0.15, -0.1) is 0 Å². The highest BCUT2D eigenvalue weighted by Gasteiger charge is 2.16. The van der Waals surface area contributed by atoms with E-state index in [9.17, 15) is 9.00 Å². The molecule has 0 aromatic rings. The number of hydrogen-bond donors (Lipinski definition) is 1. The molecule has 1 N–H and O–H groups in total. The van der Waals surface area contributed by atoms with Crippen molar-refractivity contribution in [3.05, 3.63) is 0 Å². The van der Waals surface area contributed by atoms with Crippen molar-refractivity contribution in [1.29, 1.82) is 0 Å². The zero-order valence-corrected chi connectivity index (χ0v) is 9.60. The summed E-state index contributed by atoms with van der Waals surface area (Å²) in [6.45, 7) is 1.96. The van der Waals surface area contributed by atoms with Crippen molar-refractivity contribution in [3.63, 3.8) is 0 Å². The summed E-state index contributed by atoms with van der Waals surface area (Å²) >= 11 is 0. The van der Waals surface area contributed by atoms with E-state index < -0.39 is 9.73 Å². The molecule has 4 nitrogen and oxygen atoms in total. The Hall–Kier alpha value is -0.420. The van der Waals surface area contributed by atoms with Crippen LogP contribution < -0.4 is 5.32 Å². The molecule has 1 amide bonds. The van der Waals surface area contributed by atoms with Gasteiger partial charge in [-0.05, 0) is 31.8 Å². The van der Waals surface area contributed by atoms with Gasteiger partial charge in [0.05, 0.1) is 0 Å². The second kappa shape index (κ2) is 4.89. The van der Waals surface area contributed by atoms with Crippen LogP contribution in [0.15, 0.2) is 4.36 Å². The maximum absolute atomic E-state index is 11.4. The zero-order valence-electron chi connectivity index (χ0n) is 8.78. The van der Waals surface area contributed by atoms with E-state index in [1.54, 1.807) is 0 Å². The van der Waals surface area contributed by atoms with E-state index in [-0.39, 0.29) is 5.91 Å². The van der Waals surface area contributed by atoms with Crippen LogP contribution in [0.5, 0.6) is 0 Å². The van der Waals surface area contributed by atoms with Crippen molar-refractivity contribution in [2.75, 3.05) is 25.6 Å². The minimum atomic E-state index is -2.26. The van der Waals surface area contributed by atoms with Crippen LogP contribution in [-0.2, 0) is 14.5 Å². The third-order valence-corrected chi connectivity index (χ3v) is 2.89. The van der Waals surface area contributed by atoms with Crippen LogP contribution in [0.4, 0.5) is 0 Å². The largest absolute Gasteiger partial charge is 0.317 e. The van der Waals surface area contributed by atoms with Crippen LogP contribution in [0.3, 0.4) is 0 Å². The topological polar surface area (TPSA) is 58.5 Å². The lowest BCUT2D eigenvalue weighted by molar-refractivity contribution is -0.118. The van der Waals surface area contributed by atoms with Crippen LogP contribution >= 0.6 is 0 Å². The molecule has 1 saturated heterocycles. The Labute approximate surface area is 85.6 Å². The van der Waals surface area contributed by atoms with Crippen molar-refractivity contribution >= 4 is 15.6 Å². The van der Waals surface area contributed by atoms with E-state index in [0.29, 0.717) is 12.3 Å². The lowest BCUT2D eigenvalue weighted by atomic mass is 9.95. The predicted octanol–water partition coefficient (Wildman–Crippen LogP) is 0.630. The summed E-state index contributed by atoms with van der Waals surface area (Å²) in [5.74, 6) is 0.223. The fourth-order valence-corrected chi connectivity index (χ4v) is 2.18. The average molecular weight is 218 g/mol. The fourth-order valence-electron chi connectivity index (χ4n) is 1.62. The summed E-state index contributed by atoms with van der Waals surface area (Å²) in [5.41, 5.74) is 0. The Morgan fingerprint density at radius 1 is 1.43 bits per heavy atom. The first kappa shape index (κ1) is 11.7. The van der Waals surface area contributed by atoms with Crippen LogP contribution in [0, 0.1) is 5.92 Å². The van der Waals surface area contributed by atoms with Crippen LogP contribution in [0.2, 0.25) is 0 Å². The van der Waals surface area contributed by atoms with Gasteiger partial charge < -0.3 is 5.32 Å². The van der Waals surface area contributed by atoms with Crippen molar-refractivity contribution < 1.29 is 9.00 Å². The van der Waals surface area contributed by atoms with Gasteiger partial charge in [0.25, 0.3) is 5.91 Å². The maximum Gasteiger partial charge on any atom is 0.254 e. The number of amides is 1. The number of nitrogens with one attached hydrogen (secondary N) is 1. The number of piperidine rings is 1. The molecule has 0 aliphatic carbocycles. The van der Waals surface area contributed by atoms with Gasteiger partial charge in [-0.1, -0.05) is 0 Å². The van der Waals surface area contributed by atoms with Gasteiger partial charge in [-0.3, -0.25) is 4.79 Å². The average Bonchev–Trinajstić information content (AvgIpc) is 2.02. The molecule has 0 spiro atoms. The Morgan fingerprint density at radius 3 is 2.50 bits per heavy atom. The molecule has 1 aliphatic heterocycles. The van der Waals surface area contributed by atoms with Crippen LogP contribution in [0.1, 0.15) is 19.3 Å². The van der Waals surface area contributed by atoms with Gasteiger partial charge in [0.2, 0.25) is 0 Å².